The first kappa shape index (κ1) is 27.2. The molecule has 0 saturated heterocycles. The van der Waals surface area contributed by atoms with E-state index in [-0.39, 0.29) is 6.09 Å². The lowest BCUT2D eigenvalue weighted by Gasteiger charge is -2.30. The lowest BCUT2D eigenvalue weighted by atomic mass is 9.96. The molecule has 1 aliphatic heterocycles. The lowest BCUT2D eigenvalue weighted by molar-refractivity contribution is 0.0266. The van der Waals surface area contributed by atoms with Crippen molar-refractivity contribution in [1.82, 2.24) is 4.90 Å². The summed E-state index contributed by atoms with van der Waals surface area (Å²) in [4.78, 5) is 18.9. The highest BCUT2D eigenvalue weighted by atomic mass is 35.5. The molecule has 34 heavy (non-hydrogen) atoms. The largest absolute Gasteiger partial charge is 0.444 e. The van der Waals surface area contributed by atoms with Gasteiger partial charge < -0.3 is 15.4 Å². The summed E-state index contributed by atoms with van der Waals surface area (Å²) in [6, 6.07) is 17.4. The quantitative estimate of drug-likeness (QED) is 0.466. The van der Waals surface area contributed by atoms with Crippen LogP contribution in [0.15, 0.2) is 82.5 Å². The van der Waals surface area contributed by atoms with Crippen LogP contribution >= 0.6 is 11.6 Å². The van der Waals surface area contributed by atoms with Crippen LogP contribution in [0.5, 0.6) is 0 Å². The van der Waals surface area contributed by atoms with Gasteiger partial charge in [-0.2, -0.15) is 0 Å². The Morgan fingerprint density at radius 1 is 1.09 bits per heavy atom. The maximum atomic E-state index is 12.4. The molecule has 182 valence electrons. The molecule has 0 aliphatic carbocycles. The number of benzene rings is 2. The highest BCUT2D eigenvalue weighted by Gasteiger charge is 2.24. The molecule has 0 spiro atoms. The van der Waals surface area contributed by atoms with Gasteiger partial charge in [0.1, 0.15) is 5.60 Å². The van der Waals surface area contributed by atoms with Crippen molar-refractivity contribution in [3.05, 3.63) is 88.1 Å². The van der Waals surface area contributed by atoms with E-state index >= 15 is 0 Å². The molecule has 3 rings (SSSR count). The van der Waals surface area contributed by atoms with Crippen molar-refractivity contribution in [2.75, 3.05) is 13.1 Å². The summed E-state index contributed by atoms with van der Waals surface area (Å²) < 4.78 is 5.48. The second-order valence-electron chi connectivity index (χ2n) is 8.75. The fourth-order valence-electron chi connectivity index (χ4n) is 3.41. The minimum absolute atomic E-state index is 0.308. The van der Waals surface area contributed by atoms with Crippen molar-refractivity contribution in [3.8, 4) is 0 Å². The maximum Gasteiger partial charge on any atom is 0.410 e. The van der Waals surface area contributed by atoms with Crippen molar-refractivity contribution < 1.29 is 9.53 Å². The Kier molecular flexibility index (Phi) is 9.94. The van der Waals surface area contributed by atoms with Gasteiger partial charge in [-0.25, -0.2) is 9.79 Å². The van der Waals surface area contributed by atoms with Crippen molar-refractivity contribution in [2.45, 2.75) is 53.6 Å². The molecule has 6 heteroatoms. The maximum absolute atomic E-state index is 12.4. The molecule has 5 nitrogen and oxygen atoms in total. The molecule has 1 aliphatic rings. The predicted molar refractivity (Wildman–Crippen MR) is 143 cm³/mol. The van der Waals surface area contributed by atoms with Crippen LogP contribution in [-0.4, -0.2) is 35.4 Å². The number of aliphatic imine (C=N–C) groups is 1. The number of nitrogens with two attached hydrogens (primary N) is 1. The van der Waals surface area contributed by atoms with Gasteiger partial charge in [-0.3, -0.25) is 0 Å². The van der Waals surface area contributed by atoms with Gasteiger partial charge in [0, 0.05) is 29.4 Å². The summed E-state index contributed by atoms with van der Waals surface area (Å²) in [7, 11) is 0. The number of carbonyl (C=O) groups is 1. The third-order valence-electron chi connectivity index (χ3n) is 5.06. The van der Waals surface area contributed by atoms with Crippen LogP contribution in [0.3, 0.4) is 0 Å². The van der Waals surface area contributed by atoms with Crippen LogP contribution in [0.2, 0.25) is 5.02 Å². The summed E-state index contributed by atoms with van der Waals surface area (Å²) in [6.45, 7) is 12.6. The first-order valence-corrected chi connectivity index (χ1v) is 12.1. The van der Waals surface area contributed by atoms with Crippen LogP contribution in [-0.2, 0) is 4.74 Å². The van der Waals surface area contributed by atoms with Gasteiger partial charge in [0.2, 0.25) is 0 Å². The lowest BCUT2D eigenvalue weighted by Crippen LogP contribution is -2.39. The number of nitrogens with zero attached hydrogens (tertiary/aromatic N) is 2. The average Bonchev–Trinajstić information content (AvgIpc) is 2.82. The van der Waals surface area contributed by atoms with Gasteiger partial charge in [-0.05, 0) is 69.5 Å². The molecule has 0 atom stereocenters. The molecule has 2 N–H and O–H groups in total. The summed E-state index contributed by atoms with van der Waals surface area (Å²) >= 11 is 6.25. The molecule has 2 aromatic carbocycles. The number of hydrogen-bond donors (Lipinski definition) is 1. The molecule has 0 aromatic heterocycles. The van der Waals surface area contributed by atoms with Crippen LogP contribution < -0.4 is 5.73 Å². The van der Waals surface area contributed by atoms with E-state index in [1.165, 1.54) is 0 Å². The topological polar surface area (TPSA) is 67.9 Å². The summed E-state index contributed by atoms with van der Waals surface area (Å²) in [5.74, 6) is 0. The Balaban J connectivity index is 0.00000199. The smallest absolute Gasteiger partial charge is 0.410 e. The second kappa shape index (κ2) is 12.4. The fraction of sp³-hybridized carbons (Fsp3) is 0.357. The zero-order valence-electron chi connectivity index (χ0n) is 21.1. The van der Waals surface area contributed by atoms with Crippen LogP contribution in [0.25, 0.3) is 0 Å². The van der Waals surface area contributed by atoms with E-state index in [4.69, 9.17) is 27.1 Å². The fourth-order valence-corrected chi connectivity index (χ4v) is 3.60. The molecule has 0 unspecified atom stereocenters. The first-order valence-electron chi connectivity index (χ1n) is 11.7. The third-order valence-corrected chi connectivity index (χ3v) is 5.30. The minimum atomic E-state index is -0.518. The molecule has 2 aromatic rings. The number of rotatable bonds is 4. The van der Waals surface area contributed by atoms with E-state index < -0.39 is 5.60 Å². The number of carbonyl (C=O) groups excluding carboxylic acids is 1. The number of hydrogen-bond acceptors (Lipinski definition) is 4. The molecule has 0 radical (unpaired) electrons. The Labute approximate surface area is 209 Å². The van der Waals surface area contributed by atoms with Gasteiger partial charge in [0.15, 0.2) is 0 Å². The normalized spacial score (nSPS) is 15.0. The van der Waals surface area contributed by atoms with Gasteiger partial charge in [0.05, 0.1) is 11.4 Å². The van der Waals surface area contributed by atoms with E-state index in [0.717, 1.165) is 28.1 Å². The molecular weight excluding hydrogens is 446 g/mol. The summed E-state index contributed by atoms with van der Waals surface area (Å²) in [6.07, 6.45) is 2.33. The minimum Gasteiger partial charge on any atom is -0.444 e. The first-order chi connectivity index (χ1) is 16.1. The monoisotopic (exact) mass is 481 g/mol. The van der Waals surface area contributed by atoms with E-state index in [1.54, 1.807) is 4.90 Å². The second-order valence-corrected chi connectivity index (χ2v) is 9.19. The van der Waals surface area contributed by atoms with Gasteiger partial charge in [-0.1, -0.05) is 61.9 Å². The zero-order chi connectivity index (χ0) is 25.3. The Morgan fingerprint density at radius 2 is 1.76 bits per heavy atom. The number of amides is 1. The van der Waals surface area contributed by atoms with E-state index in [0.29, 0.717) is 30.2 Å². The van der Waals surface area contributed by atoms with Gasteiger partial charge in [0.25, 0.3) is 0 Å². The molecule has 0 saturated carbocycles. The number of allylic oxidation sites excluding steroid dienone is 2. The van der Waals surface area contributed by atoms with E-state index in [2.05, 4.69) is 0 Å². The van der Waals surface area contributed by atoms with Gasteiger partial charge >= 0.3 is 6.09 Å². The summed E-state index contributed by atoms with van der Waals surface area (Å²) in [5.41, 5.74) is 11.1. The number of halogens is 1. The molecule has 1 heterocycles. The standard InChI is InChI=1S/C26H30ClN3O2.C2H6/c1-18(23(28)19-13-15-30(16-14-19)25(31)32-26(2,3)4)24(20-9-8-10-21(27)17-20)29-22-11-6-5-7-12-22;1-2/h5-13,17H,14-16,28H2,1-4H3;1-2H3/b23-18-,29-24?;. The van der Waals surface area contributed by atoms with E-state index in [1.807, 2.05) is 102 Å². The molecular formula is C28H36ClN3O2. The molecule has 1 amide bonds. The Hall–Kier alpha value is -3.05. The molecule has 0 fully saturated rings. The van der Waals surface area contributed by atoms with Crippen LogP contribution in [0.1, 0.15) is 53.5 Å². The highest BCUT2D eigenvalue weighted by molar-refractivity contribution is 6.31. The SMILES string of the molecule is C/C(C(=Nc1ccccc1)c1cccc(Cl)c1)=C(/N)C1=CCN(C(=O)OC(C)(C)C)CC1.CC. The highest BCUT2D eigenvalue weighted by Crippen LogP contribution is 2.25. The van der Waals surface area contributed by atoms with Crippen molar-refractivity contribution in [3.63, 3.8) is 0 Å². The Bertz CT molecular complexity index is 1070. The molecule has 0 bridgehead atoms. The van der Waals surface area contributed by atoms with Crippen LogP contribution in [0, 0.1) is 0 Å². The summed E-state index contributed by atoms with van der Waals surface area (Å²) in [5, 5.41) is 0.638. The average molecular weight is 482 g/mol. The number of ether oxygens (including phenoxy) is 1. The van der Waals surface area contributed by atoms with Crippen molar-refractivity contribution in [1.29, 1.82) is 0 Å². The van der Waals surface area contributed by atoms with Crippen molar-refractivity contribution in [2.24, 2.45) is 10.7 Å². The number of para-hydroxylation sites is 1. The van der Waals surface area contributed by atoms with Gasteiger partial charge in [-0.15, -0.1) is 0 Å². The van der Waals surface area contributed by atoms with Crippen LogP contribution in [0.4, 0.5) is 10.5 Å². The predicted octanol–water partition coefficient (Wildman–Crippen LogP) is 7.29. The van der Waals surface area contributed by atoms with Crippen molar-refractivity contribution >= 4 is 29.1 Å². The van der Waals surface area contributed by atoms with E-state index in [9.17, 15) is 4.79 Å². The third kappa shape index (κ3) is 7.77. The zero-order valence-corrected chi connectivity index (χ0v) is 21.8. The Morgan fingerprint density at radius 3 is 2.32 bits per heavy atom.